The molecular weight excluding hydrogens is 222 g/mol. The molecule has 1 aromatic rings. The summed E-state index contributed by atoms with van der Waals surface area (Å²) in [4.78, 5) is 0. The summed E-state index contributed by atoms with van der Waals surface area (Å²) in [5, 5.41) is 8.30. The van der Waals surface area contributed by atoms with Crippen LogP contribution in [0.2, 0.25) is 0 Å². The molecule has 2 rings (SSSR count). The Kier molecular flexibility index (Phi) is 4.10. The maximum Gasteiger partial charge on any atom is 0.0677 e. The Morgan fingerprint density at radius 1 is 1.50 bits per heavy atom. The first-order valence-electron chi connectivity index (χ1n) is 7.29. The van der Waals surface area contributed by atoms with E-state index in [0.29, 0.717) is 17.5 Å². The molecule has 1 saturated carbocycles. The van der Waals surface area contributed by atoms with Crippen LogP contribution in [0.5, 0.6) is 0 Å². The van der Waals surface area contributed by atoms with Gasteiger partial charge in [-0.15, -0.1) is 0 Å². The van der Waals surface area contributed by atoms with Crippen LogP contribution in [-0.4, -0.2) is 22.4 Å². The molecule has 1 aliphatic rings. The molecular formula is C15H27N3. The van der Waals surface area contributed by atoms with Gasteiger partial charge in [0.1, 0.15) is 0 Å². The van der Waals surface area contributed by atoms with Gasteiger partial charge < -0.3 is 5.32 Å². The molecule has 0 radical (unpaired) electrons. The van der Waals surface area contributed by atoms with Crippen molar-refractivity contribution in [2.75, 3.05) is 6.54 Å². The number of aryl methyl sites for hydroxylation is 1. The predicted octanol–water partition coefficient (Wildman–Crippen LogP) is 3.31. The van der Waals surface area contributed by atoms with Crippen LogP contribution in [0.25, 0.3) is 0 Å². The van der Waals surface area contributed by atoms with Crippen molar-refractivity contribution in [3.63, 3.8) is 0 Å². The largest absolute Gasteiger partial charge is 0.311 e. The van der Waals surface area contributed by atoms with Crippen LogP contribution in [0.4, 0.5) is 0 Å². The molecule has 1 fully saturated rings. The maximum absolute atomic E-state index is 4.54. The molecule has 3 nitrogen and oxygen atoms in total. The number of nitrogens with one attached hydrogen (secondary N) is 1. The van der Waals surface area contributed by atoms with E-state index in [1.807, 2.05) is 6.20 Å². The van der Waals surface area contributed by atoms with E-state index in [1.54, 1.807) is 0 Å². The van der Waals surface area contributed by atoms with E-state index >= 15 is 0 Å². The Bertz CT molecular complexity index is 381. The van der Waals surface area contributed by atoms with Gasteiger partial charge in [0, 0.05) is 12.2 Å². The first-order chi connectivity index (χ1) is 8.54. The molecule has 1 heterocycles. The molecule has 1 aliphatic carbocycles. The molecule has 3 heteroatoms. The monoisotopic (exact) mass is 249 g/mol. The van der Waals surface area contributed by atoms with Crippen molar-refractivity contribution in [3.8, 4) is 0 Å². The molecule has 2 unspecified atom stereocenters. The zero-order valence-electron chi connectivity index (χ0n) is 12.2. The van der Waals surface area contributed by atoms with Crippen molar-refractivity contribution < 1.29 is 0 Å². The third-order valence-corrected chi connectivity index (χ3v) is 4.23. The van der Waals surface area contributed by atoms with Crippen LogP contribution >= 0.6 is 0 Å². The molecule has 18 heavy (non-hydrogen) atoms. The second-order valence-electron chi connectivity index (χ2n) is 6.38. The number of hydrogen-bond donors (Lipinski definition) is 1. The quantitative estimate of drug-likeness (QED) is 0.887. The van der Waals surface area contributed by atoms with Crippen LogP contribution in [0.15, 0.2) is 12.4 Å². The van der Waals surface area contributed by atoms with E-state index in [0.717, 1.165) is 6.54 Å². The maximum atomic E-state index is 4.54. The van der Waals surface area contributed by atoms with Gasteiger partial charge in [0.05, 0.1) is 12.2 Å². The van der Waals surface area contributed by atoms with Gasteiger partial charge in [-0.2, -0.15) is 5.10 Å². The number of rotatable bonds is 4. The molecule has 0 aliphatic heterocycles. The topological polar surface area (TPSA) is 29.9 Å². The number of nitrogens with zero attached hydrogens (tertiary/aromatic N) is 2. The highest BCUT2D eigenvalue weighted by Gasteiger charge is 2.39. The molecule has 0 bridgehead atoms. The lowest BCUT2D eigenvalue weighted by atomic mass is 9.70. The fourth-order valence-electron chi connectivity index (χ4n) is 3.22. The molecule has 1 N–H and O–H groups in total. The molecule has 0 aromatic carbocycles. The van der Waals surface area contributed by atoms with Gasteiger partial charge in [-0.3, -0.25) is 4.68 Å². The second-order valence-corrected chi connectivity index (χ2v) is 6.38. The summed E-state index contributed by atoms with van der Waals surface area (Å²) in [6.45, 7) is 10.2. The third kappa shape index (κ3) is 2.77. The highest BCUT2D eigenvalue weighted by atomic mass is 15.3. The Morgan fingerprint density at radius 3 is 2.89 bits per heavy atom. The van der Waals surface area contributed by atoms with E-state index < -0.39 is 0 Å². The summed E-state index contributed by atoms with van der Waals surface area (Å²) < 4.78 is 2.18. The molecule has 0 amide bonds. The SMILES string of the molecule is CCCNC1C(n2cc(C)cn2)CCCC1(C)C. The Hall–Kier alpha value is -0.830. The zero-order chi connectivity index (χ0) is 13.2. The van der Waals surface area contributed by atoms with Gasteiger partial charge >= 0.3 is 0 Å². The van der Waals surface area contributed by atoms with Crippen LogP contribution in [0.3, 0.4) is 0 Å². The van der Waals surface area contributed by atoms with Crippen molar-refractivity contribution in [2.45, 2.75) is 65.5 Å². The fraction of sp³-hybridized carbons (Fsp3) is 0.800. The van der Waals surface area contributed by atoms with E-state index in [1.165, 1.54) is 31.2 Å². The van der Waals surface area contributed by atoms with Gasteiger partial charge in [0.25, 0.3) is 0 Å². The van der Waals surface area contributed by atoms with Gasteiger partial charge in [-0.1, -0.05) is 27.2 Å². The smallest absolute Gasteiger partial charge is 0.0677 e. The van der Waals surface area contributed by atoms with Gasteiger partial charge in [-0.25, -0.2) is 0 Å². The van der Waals surface area contributed by atoms with Crippen molar-refractivity contribution >= 4 is 0 Å². The Labute approximate surface area is 111 Å². The van der Waals surface area contributed by atoms with E-state index in [-0.39, 0.29) is 0 Å². The summed E-state index contributed by atoms with van der Waals surface area (Å²) in [6.07, 6.45) is 9.21. The average Bonchev–Trinajstić information content (AvgIpc) is 2.73. The summed E-state index contributed by atoms with van der Waals surface area (Å²) in [7, 11) is 0. The molecule has 1 aromatic heterocycles. The average molecular weight is 249 g/mol. The van der Waals surface area contributed by atoms with Crippen molar-refractivity contribution in [1.29, 1.82) is 0 Å². The summed E-state index contributed by atoms with van der Waals surface area (Å²) in [5.41, 5.74) is 1.62. The van der Waals surface area contributed by atoms with Crippen molar-refractivity contribution in [3.05, 3.63) is 18.0 Å². The van der Waals surface area contributed by atoms with Gasteiger partial charge in [-0.05, 0) is 43.7 Å². The van der Waals surface area contributed by atoms with Gasteiger partial charge in [0.2, 0.25) is 0 Å². The Morgan fingerprint density at radius 2 is 2.28 bits per heavy atom. The van der Waals surface area contributed by atoms with Crippen LogP contribution in [0, 0.1) is 12.3 Å². The van der Waals surface area contributed by atoms with Gasteiger partial charge in [0.15, 0.2) is 0 Å². The van der Waals surface area contributed by atoms with E-state index in [9.17, 15) is 0 Å². The first kappa shape index (κ1) is 13.6. The lowest BCUT2D eigenvalue weighted by Crippen LogP contribution is -2.50. The molecule has 102 valence electrons. The molecule has 0 spiro atoms. The van der Waals surface area contributed by atoms with Crippen LogP contribution in [-0.2, 0) is 0 Å². The third-order valence-electron chi connectivity index (χ3n) is 4.23. The molecule has 0 saturated heterocycles. The second kappa shape index (κ2) is 5.43. The summed E-state index contributed by atoms with van der Waals surface area (Å²) in [6, 6.07) is 1.04. The molecule has 2 atom stereocenters. The van der Waals surface area contributed by atoms with Crippen LogP contribution in [0.1, 0.15) is 58.1 Å². The lowest BCUT2D eigenvalue weighted by molar-refractivity contribution is 0.106. The lowest BCUT2D eigenvalue weighted by Gasteiger charge is -2.44. The van der Waals surface area contributed by atoms with Crippen LogP contribution < -0.4 is 5.32 Å². The number of hydrogen-bond acceptors (Lipinski definition) is 2. The van der Waals surface area contributed by atoms with E-state index in [4.69, 9.17) is 0 Å². The van der Waals surface area contributed by atoms with Crippen molar-refractivity contribution in [2.24, 2.45) is 5.41 Å². The highest BCUT2D eigenvalue weighted by Crippen LogP contribution is 2.41. The minimum Gasteiger partial charge on any atom is -0.311 e. The summed E-state index contributed by atoms with van der Waals surface area (Å²) in [5.74, 6) is 0. The summed E-state index contributed by atoms with van der Waals surface area (Å²) >= 11 is 0. The Balaban J connectivity index is 2.19. The minimum absolute atomic E-state index is 0.359. The standard InChI is InChI=1S/C15H27N3/c1-5-9-16-14-13(7-6-8-15(14,3)4)18-11-12(2)10-17-18/h10-11,13-14,16H,5-9H2,1-4H3. The van der Waals surface area contributed by atoms with E-state index in [2.05, 4.69) is 49.0 Å². The first-order valence-corrected chi connectivity index (χ1v) is 7.29. The van der Waals surface area contributed by atoms with Crippen molar-refractivity contribution in [1.82, 2.24) is 15.1 Å². The number of aromatic nitrogens is 2. The normalized spacial score (nSPS) is 27.3. The minimum atomic E-state index is 0.359. The predicted molar refractivity (Wildman–Crippen MR) is 75.7 cm³/mol. The zero-order valence-corrected chi connectivity index (χ0v) is 12.2. The fourth-order valence-corrected chi connectivity index (χ4v) is 3.22. The highest BCUT2D eigenvalue weighted by molar-refractivity contribution is 5.04.